The van der Waals surface area contributed by atoms with E-state index in [0.29, 0.717) is 22.7 Å². The molecule has 3 N–H and O–H groups in total. The van der Waals surface area contributed by atoms with Gasteiger partial charge in [0, 0.05) is 17.1 Å². The van der Waals surface area contributed by atoms with E-state index in [0.717, 1.165) is 40.3 Å². The predicted octanol–water partition coefficient (Wildman–Crippen LogP) is 5.05. The number of para-hydroxylation sites is 1. The number of nitriles is 1. The quantitative estimate of drug-likeness (QED) is 0.454. The van der Waals surface area contributed by atoms with Crippen molar-refractivity contribution in [3.05, 3.63) is 89.1 Å². The van der Waals surface area contributed by atoms with E-state index >= 15 is 0 Å². The Morgan fingerprint density at radius 3 is 2.79 bits per heavy atom. The Hall–Kier alpha value is -4.37. The number of fused-ring (bicyclic) bond motifs is 2. The van der Waals surface area contributed by atoms with Crippen molar-refractivity contribution in [1.82, 2.24) is 4.98 Å². The van der Waals surface area contributed by atoms with Gasteiger partial charge in [0.25, 0.3) is 0 Å². The lowest BCUT2D eigenvalue weighted by atomic mass is 9.98. The third-order valence-corrected chi connectivity index (χ3v) is 6.12. The number of hydrogen-bond acceptors (Lipinski definition) is 5. The summed E-state index contributed by atoms with van der Waals surface area (Å²) in [5, 5.41) is 20.8. The second-order valence-corrected chi connectivity index (χ2v) is 8.17. The molecule has 0 radical (unpaired) electrons. The van der Waals surface area contributed by atoms with Crippen molar-refractivity contribution >= 4 is 22.6 Å². The minimum atomic E-state index is -0.964. The zero-order valence-corrected chi connectivity index (χ0v) is 17.8. The molecule has 4 aromatic rings. The maximum atomic E-state index is 11.3. The average molecular weight is 435 g/mol. The van der Waals surface area contributed by atoms with Crippen LogP contribution in [0.3, 0.4) is 0 Å². The average Bonchev–Trinajstić information content (AvgIpc) is 3.22. The molecular weight excluding hydrogens is 414 g/mol. The molecular formula is C27H21N3O3. The number of carbonyl (C=O) groups is 1. The van der Waals surface area contributed by atoms with E-state index in [1.165, 1.54) is 5.56 Å². The Morgan fingerprint density at radius 2 is 1.97 bits per heavy atom. The summed E-state index contributed by atoms with van der Waals surface area (Å²) >= 11 is 0. The second-order valence-electron chi connectivity index (χ2n) is 8.17. The molecule has 1 aliphatic rings. The summed E-state index contributed by atoms with van der Waals surface area (Å²) < 4.78 is 6.32. The third-order valence-electron chi connectivity index (χ3n) is 6.12. The molecule has 0 spiro atoms. The van der Waals surface area contributed by atoms with E-state index in [1.807, 2.05) is 18.2 Å². The largest absolute Gasteiger partial charge is 0.484 e. The van der Waals surface area contributed by atoms with Crippen LogP contribution in [-0.4, -0.2) is 16.1 Å². The molecule has 0 amide bonds. The highest BCUT2D eigenvalue weighted by atomic mass is 16.5. The van der Waals surface area contributed by atoms with Gasteiger partial charge in [-0.1, -0.05) is 36.4 Å². The molecule has 0 saturated carbocycles. The van der Waals surface area contributed by atoms with E-state index in [2.05, 4.69) is 35.3 Å². The van der Waals surface area contributed by atoms with E-state index in [-0.39, 0.29) is 12.5 Å². The number of benzene rings is 3. The van der Waals surface area contributed by atoms with E-state index in [4.69, 9.17) is 10.5 Å². The number of nitrogens with zero attached hydrogens (tertiary/aromatic N) is 2. The maximum absolute atomic E-state index is 11.3. The van der Waals surface area contributed by atoms with Gasteiger partial charge in [0.2, 0.25) is 0 Å². The van der Waals surface area contributed by atoms with Gasteiger partial charge in [-0.2, -0.15) is 5.26 Å². The lowest BCUT2D eigenvalue weighted by molar-refractivity contribution is -0.136. The summed E-state index contributed by atoms with van der Waals surface area (Å²) in [4.78, 5) is 15.5. The number of aromatic nitrogens is 1. The summed E-state index contributed by atoms with van der Waals surface area (Å²) in [6, 6.07) is 21.6. The molecule has 1 atom stereocenters. The Balaban J connectivity index is 1.52. The van der Waals surface area contributed by atoms with Crippen LogP contribution in [-0.2, 0) is 17.6 Å². The monoisotopic (exact) mass is 435 g/mol. The number of anilines is 1. The van der Waals surface area contributed by atoms with E-state index in [9.17, 15) is 15.2 Å². The summed E-state index contributed by atoms with van der Waals surface area (Å²) in [7, 11) is 0. The van der Waals surface area contributed by atoms with E-state index in [1.54, 1.807) is 24.4 Å². The Bertz CT molecular complexity index is 1440. The van der Waals surface area contributed by atoms with Gasteiger partial charge in [-0.25, -0.2) is 4.98 Å². The lowest BCUT2D eigenvalue weighted by Crippen LogP contribution is -2.09. The number of carboxylic acid groups (broad SMARTS) is 1. The number of rotatable bonds is 5. The van der Waals surface area contributed by atoms with Gasteiger partial charge in [0.05, 0.1) is 12.0 Å². The number of carboxylic acids is 1. The molecule has 0 bridgehead atoms. The molecule has 6 nitrogen and oxygen atoms in total. The van der Waals surface area contributed by atoms with Crippen LogP contribution in [0, 0.1) is 11.3 Å². The topological polar surface area (TPSA) is 109 Å². The van der Waals surface area contributed by atoms with Crippen molar-refractivity contribution < 1.29 is 14.6 Å². The second kappa shape index (κ2) is 8.29. The van der Waals surface area contributed by atoms with Crippen LogP contribution in [0.2, 0.25) is 0 Å². The SMILES string of the molecule is N#Cc1cccc(CC(=O)O)c1OC1CCc2ccc(-c3ccc4ccnc(N)c4c3)cc21. The highest BCUT2D eigenvalue weighted by Gasteiger charge is 2.27. The number of pyridine rings is 1. The molecule has 1 aliphatic carbocycles. The summed E-state index contributed by atoms with van der Waals surface area (Å²) in [6.07, 6.45) is 2.87. The molecule has 3 aromatic carbocycles. The van der Waals surface area contributed by atoms with Gasteiger partial charge in [0.1, 0.15) is 23.7 Å². The minimum Gasteiger partial charge on any atom is -0.484 e. The maximum Gasteiger partial charge on any atom is 0.307 e. The zero-order valence-electron chi connectivity index (χ0n) is 17.8. The van der Waals surface area contributed by atoms with Crippen molar-refractivity contribution in [3.63, 3.8) is 0 Å². The first-order valence-corrected chi connectivity index (χ1v) is 10.7. The van der Waals surface area contributed by atoms with Gasteiger partial charge in [-0.15, -0.1) is 0 Å². The highest BCUT2D eigenvalue weighted by Crippen LogP contribution is 2.40. The van der Waals surface area contributed by atoms with Crippen molar-refractivity contribution in [2.75, 3.05) is 5.73 Å². The van der Waals surface area contributed by atoms with Crippen LogP contribution >= 0.6 is 0 Å². The molecule has 5 rings (SSSR count). The number of nitrogens with two attached hydrogens (primary N) is 1. The summed E-state index contributed by atoms with van der Waals surface area (Å²) in [6.45, 7) is 0. The standard InChI is InChI=1S/C27H21N3O3/c28-15-21-3-1-2-20(14-25(31)32)26(21)33-24-9-8-16-4-6-18(12-22(16)24)19-7-5-17-10-11-30-27(29)23(17)13-19/h1-7,10-13,24H,8-9,14H2,(H2,29,30)(H,31,32). The molecule has 0 fully saturated rings. The van der Waals surface area contributed by atoms with Crippen LogP contribution < -0.4 is 10.5 Å². The molecule has 162 valence electrons. The molecule has 0 aliphatic heterocycles. The first-order valence-electron chi connectivity index (χ1n) is 10.7. The van der Waals surface area contributed by atoms with Gasteiger partial charge in [-0.05, 0) is 64.7 Å². The Morgan fingerprint density at radius 1 is 1.15 bits per heavy atom. The number of aliphatic carboxylic acids is 1. The van der Waals surface area contributed by atoms with Crippen molar-refractivity contribution in [1.29, 1.82) is 5.26 Å². The molecule has 1 heterocycles. The van der Waals surface area contributed by atoms with Gasteiger partial charge in [-0.3, -0.25) is 4.79 Å². The third kappa shape index (κ3) is 3.85. The molecule has 0 saturated heterocycles. The van der Waals surface area contributed by atoms with Gasteiger partial charge >= 0.3 is 5.97 Å². The van der Waals surface area contributed by atoms with Crippen LogP contribution in [0.25, 0.3) is 21.9 Å². The molecule has 33 heavy (non-hydrogen) atoms. The fourth-order valence-corrected chi connectivity index (χ4v) is 4.49. The van der Waals surface area contributed by atoms with Gasteiger partial charge < -0.3 is 15.6 Å². The Labute approximate surface area is 190 Å². The molecule has 1 aromatic heterocycles. The minimum absolute atomic E-state index is 0.197. The van der Waals surface area contributed by atoms with Crippen LogP contribution in [0.1, 0.15) is 34.8 Å². The fourth-order valence-electron chi connectivity index (χ4n) is 4.49. The van der Waals surface area contributed by atoms with Crippen molar-refractivity contribution in [2.24, 2.45) is 0 Å². The number of ether oxygens (including phenoxy) is 1. The molecule has 6 heteroatoms. The predicted molar refractivity (Wildman–Crippen MR) is 126 cm³/mol. The fraction of sp³-hybridized carbons (Fsp3) is 0.148. The van der Waals surface area contributed by atoms with Crippen molar-refractivity contribution in [3.8, 4) is 22.9 Å². The zero-order chi connectivity index (χ0) is 22.9. The van der Waals surface area contributed by atoms with Gasteiger partial charge in [0.15, 0.2) is 0 Å². The van der Waals surface area contributed by atoms with Crippen molar-refractivity contribution in [2.45, 2.75) is 25.4 Å². The normalized spacial score (nSPS) is 14.6. The van der Waals surface area contributed by atoms with E-state index < -0.39 is 5.97 Å². The number of nitrogen functional groups attached to an aromatic ring is 1. The number of aryl methyl sites for hydroxylation is 1. The highest BCUT2D eigenvalue weighted by molar-refractivity contribution is 5.94. The summed E-state index contributed by atoms with van der Waals surface area (Å²) in [5.41, 5.74) is 11.2. The van der Waals surface area contributed by atoms with Crippen LogP contribution in [0.4, 0.5) is 5.82 Å². The smallest absolute Gasteiger partial charge is 0.307 e. The first kappa shape index (κ1) is 20.5. The molecule has 1 unspecified atom stereocenters. The van der Waals surface area contributed by atoms with Crippen LogP contribution in [0.15, 0.2) is 66.9 Å². The number of hydrogen-bond donors (Lipinski definition) is 2. The Kier molecular flexibility index (Phi) is 5.15. The first-order chi connectivity index (χ1) is 16.0. The summed E-state index contributed by atoms with van der Waals surface area (Å²) in [5.74, 6) is -0.111. The van der Waals surface area contributed by atoms with Crippen LogP contribution in [0.5, 0.6) is 5.75 Å². The lowest BCUT2D eigenvalue weighted by Gasteiger charge is -2.19.